The molecule has 0 amide bonds. The number of aryl methyl sites for hydroxylation is 2. The van der Waals surface area contributed by atoms with E-state index in [-0.39, 0.29) is 0 Å². The normalized spacial score (nSPS) is 10.9. The second-order valence-corrected chi connectivity index (χ2v) is 4.92. The zero-order chi connectivity index (χ0) is 13.3. The van der Waals surface area contributed by atoms with Gasteiger partial charge in [0.25, 0.3) is 0 Å². The van der Waals surface area contributed by atoms with Crippen LogP contribution in [0.2, 0.25) is 5.02 Å². The van der Waals surface area contributed by atoms with Crippen LogP contribution in [0, 0.1) is 13.8 Å². The Morgan fingerprint density at radius 2 is 1.89 bits per heavy atom. The average molecular weight is 263 g/mol. The molecule has 0 saturated carbocycles. The summed E-state index contributed by atoms with van der Waals surface area (Å²) >= 11 is 6.19. The molecule has 1 aromatic heterocycles. The van der Waals surface area contributed by atoms with Gasteiger partial charge >= 0.3 is 0 Å². The summed E-state index contributed by atoms with van der Waals surface area (Å²) in [6, 6.07) is 4.01. The summed E-state index contributed by atoms with van der Waals surface area (Å²) in [5.41, 5.74) is 5.65. The molecule has 0 aliphatic rings. The van der Waals surface area contributed by atoms with Gasteiger partial charge in [-0.3, -0.25) is 4.98 Å². The van der Waals surface area contributed by atoms with Gasteiger partial charge in [0.15, 0.2) is 0 Å². The van der Waals surface area contributed by atoms with E-state index in [1.807, 2.05) is 13.0 Å². The van der Waals surface area contributed by atoms with Crippen molar-refractivity contribution in [3.8, 4) is 0 Å². The molecular formula is C15H19ClN2. The van der Waals surface area contributed by atoms with Crippen LogP contribution in [0.4, 0.5) is 5.69 Å². The minimum atomic E-state index is 0.781. The number of nitrogens with zero attached hydrogens (tertiary/aromatic N) is 1. The van der Waals surface area contributed by atoms with Crippen LogP contribution in [0.25, 0.3) is 10.9 Å². The lowest BCUT2D eigenvalue weighted by atomic mass is 10.0. The van der Waals surface area contributed by atoms with Crippen LogP contribution in [-0.2, 0) is 6.42 Å². The molecule has 0 aliphatic carbocycles. The maximum atomic E-state index is 6.19. The van der Waals surface area contributed by atoms with Crippen LogP contribution in [0.3, 0.4) is 0 Å². The fourth-order valence-corrected chi connectivity index (χ4v) is 2.49. The van der Waals surface area contributed by atoms with Gasteiger partial charge in [-0.25, -0.2) is 0 Å². The van der Waals surface area contributed by atoms with Crippen LogP contribution >= 0.6 is 11.6 Å². The first-order valence-corrected chi connectivity index (χ1v) is 6.80. The number of fused-ring (bicyclic) bond motifs is 1. The zero-order valence-corrected chi connectivity index (χ0v) is 12.2. The number of halogens is 1. The molecule has 0 radical (unpaired) electrons. The first-order valence-electron chi connectivity index (χ1n) is 6.42. The molecule has 1 N–H and O–H groups in total. The van der Waals surface area contributed by atoms with Gasteiger partial charge < -0.3 is 5.32 Å². The highest BCUT2D eigenvalue weighted by Crippen LogP contribution is 2.32. The summed E-state index contributed by atoms with van der Waals surface area (Å²) < 4.78 is 0. The van der Waals surface area contributed by atoms with Crippen LogP contribution in [0.5, 0.6) is 0 Å². The van der Waals surface area contributed by atoms with Gasteiger partial charge in [-0.15, -0.1) is 0 Å². The van der Waals surface area contributed by atoms with E-state index >= 15 is 0 Å². The van der Waals surface area contributed by atoms with E-state index in [1.165, 1.54) is 11.3 Å². The zero-order valence-electron chi connectivity index (χ0n) is 11.4. The molecule has 2 aromatic rings. The first kappa shape index (κ1) is 13.2. The Hall–Kier alpha value is -1.28. The fraction of sp³-hybridized carbons (Fsp3) is 0.400. The van der Waals surface area contributed by atoms with Crippen LogP contribution < -0.4 is 5.32 Å². The van der Waals surface area contributed by atoms with Crippen molar-refractivity contribution in [2.24, 2.45) is 0 Å². The van der Waals surface area contributed by atoms with Gasteiger partial charge in [-0.1, -0.05) is 18.5 Å². The Bertz CT molecular complexity index is 591. The SMILES string of the molecule is CCNc1c(C)c(CC)nc2c(C)c(Cl)ccc12. The number of nitrogens with one attached hydrogen (secondary N) is 1. The molecule has 96 valence electrons. The summed E-state index contributed by atoms with van der Waals surface area (Å²) in [4.78, 5) is 4.77. The minimum Gasteiger partial charge on any atom is -0.385 e. The fourth-order valence-electron chi connectivity index (χ4n) is 2.34. The summed E-state index contributed by atoms with van der Waals surface area (Å²) in [7, 11) is 0. The van der Waals surface area contributed by atoms with Gasteiger partial charge in [0.2, 0.25) is 0 Å². The number of hydrogen-bond donors (Lipinski definition) is 1. The Labute approximate surface area is 113 Å². The summed E-state index contributed by atoms with van der Waals surface area (Å²) in [5.74, 6) is 0. The van der Waals surface area contributed by atoms with Crippen molar-refractivity contribution in [2.75, 3.05) is 11.9 Å². The van der Waals surface area contributed by atoms with Crippen molar-refractivity contribution >= 4 is 28.2 Å². The molecule has 0 fully saturated rings. The molecule has 0 unspecified atom stereocenters. The lowest BCUT2D eigenvalue weighted by molar-refractivity contribution is 1.02. The average Bonchev–Trinajstić information content (AvgIpc) is 2.37. The van der Waals surface area contributed by atoms with Gasteiger partial charge in [0.05, 0.1) is 5.52 Å². The van der Waals surface area contributed by atoms with Gasteiger partial charge in [-0.05, 0) is 50.5 Å². The van der Waals surface area contributed by atoms with E-state index in [2.05, 4.69) is 32.2 Å². The Morgan fingerprint density at radius 1 is 1.17 bits per heavy atom. The number of rotatable bonds is 3. The monoisotopic (exact) mass is 262 g/mol. The second-order valence-electron chi connectivity index (χ2n) is 4.51. The van der Waals surface area contributed by atoms with Crippen LogP contribution in [0.15, 0.2) is 12.1 Å². The third-order valence-corrected chi connectivity index (χ3v) is 3.79. The van der Waals surface area contributed by atoms with E-state index in [9.17, 15) is 0 Å². The van der Waals surface area contributed by atoms with Crippen molar-refractivity contribution in [3.05, 3.63) is 34.0 Å². The highest BCUT2D eigenvalue weighted by atomic mass is 35.5. The molecule has 1 heterocycles. The van der Waals surface area contributed by atoms with E-state index in [1.54, 1.807) is 0 Å². The number of hydrogen-bond acceptors (Lipinski definition) is 2. The van der Waals surface area contributed by atoms with Crippen LogP contribution in [0.1, 0.15) is 30.7 Å². The summed E-state index contributed by atoms with van der Waals surface area (Å²) in [5, 5.41) is 5.40. The van der Waals surface area contributed by atoms with Gasteiger partial charge in [-0.2, -0.15) is 0 Å². The molecule has 0 atom stereocenters. The number of aromatic nitrogens is 1. The number of benzene rings is 1. The molecule has 0 bridgehead atoms. The Morgan fingerprint density at radius 3 is 2.50 bits per heavy atom. The standard InChI is InChI=1S/C15H19ClN2/c1-5-13-10(4)14(17-6-2)11-7-8-12(16)9(3)15(11)18-13/h7-8H,5-6H2,1-4H3,(H,17,18). The topological polar surface area (TPSA) is 24.9 Å². The molecular weight excluding hydrogens is 244 g/mol. The van der Waals surface area contributed by atoms with Crippen molar-refractivity contribution in [1.82, 2.24) is 4.98 Å². The van der Waals surface area contributed by atoms with Crippen molar-refractivity contribution in [2.45, 2.75) is 34.1 Å². The first-order chi connectivity index (χ1) is 8.60. The van der Waals surface area contributed by atoms with Crippen LogP contribution in [-0.4, -0.2) is 11.5 Å². The summed E-state index contributed by atoms with van der Waals surface area (Å²) in [6.45, 7) is 9.32. The largest absolute Gasteiger partial charge is 0.385 e. The van der Waals surface area contributed by atoms with Gasteiger partial charge in [0.1, 0.15) is 0 Å². The maximum Gasteiger partial charge on any atom is 0.0770 e. The maximum absolute atomic E-state index is 6.19. The molecule has 2 rings (SSSR count). The summed E-state index contributed by atoms with van der Waals surface area (Å²) in [6.07, 6.45) is 0.937. The van der Waals surface area contributed by atoms with Crippen molar-refractivity contribution < 1.29 is 0 Å². The van der Waals surface area contributed by atoms with E-state index < -0.39 is 0 Å². The number of anilines is 1. The lowest BCUT2D eigenvalue weighted by Gasteiger charge is -2.16. The van der Waals surface area contributed by atoms with E-state index in [0.717, 1.165) is 40.1 Å². The third kappa shape index (κ3) is 2.05. The van der Waals surface area contributed by atoms with Crippen molar-refractivity contribution in [1.29, 1.82) is 0 Å². The molecule has 3 heteroatoms. The van der Waals surface area contributed by atoms with E-state index in [0.29, 0.717) is 0 Å². The highest BCUT2D eigenvalue weighted by molar-refractivity contribution is 6.32. The predicted molar refractivity (Wildman–Crippen MR) is 79.8 cm³/mol. The molecule has 0 spiro atoms. The molecule has 2 nitrogen and oxygen atoms in total. The van der Waals surface area contributed by atoms with E-state index in [4.69, 9.17) is 16.6 Å². The second kappa shape index (κ2) is 5.15. The minimum absolute atomic E-state index is 0.781. The third-order valence-electron chi connectivity index (χ3n) is 3.38. The molecule has 0 saturated heterocycles. The molecule has 0 aliphatic heterocycles. The van der Waals surface area contributed by atoms with Gasteiger partial charge in [0, 0.05) is 28.3 Å². The quantitative estimate of drug-likeness (QED) is 0.881. The lowest BCUT2D eigenvalue weighted by Crippen LogP contribution is -2.05. The molecule has 1 aromatic carbocycles. The number of pyridine rings is 1. The smallest absolute Gasteiger partial charge is 0.0770 e. The van der Waals surface area contributed by atoms with Crippen molar-refractivity contribution in [3.63, 3.8) is 0 Å². The predicted octanol–water partition coefficient (Wildman–Crippen LogP) is 4.50. The Kier molecular flexibility index (Phi) is 3.76. The molecule has 18 heavy (non-hydrogen) atoms. The highest BCUT2D eigenvalue weighted by Gasteiger charge is 2.12. The Balaban J connectivity index is 2.85.